The molecule has 2 rings (SSSR count). The molecule has 0 aliphatic carbocycles. The number of benzene rings is 1. The van der Waals surface area contributed by atoms with Crippen molar-refractivity contribution in [1.29, 1.82) is 0 Å². The molecule has 214 valence electrons. The molecule has 0 spiro atoms. The lowest BCUT2D eigenvalue weighted by molar-refractivity contribution is -0.146. The van der Waals surface area contributed by atoms with E-state index in [-0.39, 0.29) is 6.04 Å². The van der Waals surface area contributed by atoms with Gasteiger partial charge in [-0.05, 0) is 92.9 Å². The van der Waals surface area contributed by atoms with Crippen molar-refractivity contribution < 1.29 is 42.9 Å². The summed E-state index contributed by atoms with van der Waals surface area (Å²) < 4.78 is 24.1. The number of nitrogens with zero attached hydrogens (tertiary/aromatic N) is 1. The highest BCUT2D eigenvalue weighted by Gasteiger charge is 2.44. The quantitative estimate of drug-likeness (QED) is 0.219. The first-order chi connectivity index (χ1) is 17.2. The van der Waals surface area contributed by atoms with E-state index in [0.717, 1.165) is 5.56 Å². The molecule has 1 aliphatic rings. The maximum Gasteiger partial charge on any atom is 0.519 e. The third-order valence-corrected chi connectivity index (χ3v) is 4.92. The summed E-state index contributed by atoms with van der Waals surface area (Å²) in [5, 5.41) is 0.625. The largest absolute Gasteiger partial charge is 0.519 e. The Morgan fingerprint density at radius 2 is 1.21 bits per heavy atom. The fourth-order valence-corrected chi connectivity index (χ4v) is 3.50. The Kier molecular flexibility index (Phi) is 11.4. The summed E-state index contributed by atoms with van der Waals surface area (Å²) in [6.07, 6.45) is -1.42. The second kappa shape index (κ2) is 13.2. The Balaban J connectivity index is 0.000000420. The standard InChI is InChI=1S/C17H22ClNO4.C10H18O5/c1-17(2,3)23-16(21)19-13(9-10-14(19)15(20)22-4)11-5-7-12(18)8-6-11;1-9(2,3)14-7(11)13-8(12)15-10(4,5)6/h5-8,13-14H,9-10H2,1-4H3;1-6H3/t13-,14+;/m0./s1. The van der Waals surface area contributed by atoms with Crippen LogP contribution in [0.15, 0.2) is 24.3 Å². The van der Waals surface area contributed by atoms with Gasteiger partial charge < -0.3 is 23.7 Å². The van der Waals surface area contributed by atoms with E-state index >= 15 is 0 Å². The van der Waals surface area contributed by atoms with E-state index in [1.165, 1.54) is 12.0 Å². The highest BCUT2D eigenvalue weighted by molar-refractivity contribution is 6.30. The normalized spacial score (nSPS) is 17.5. The number of halogens is 1. The minimum absolute atomic E-state index is 0.230. The molecule has 1 fully saturated rings. The van der Waals surface area contributed by atoms with E-state index in [1.807, 2.05) is 12.1 Å². The summed E-state index contributed by atoms with van der Waals surface area (Å²) in [4.78, 5) is 48.2. The minimum Gasteiger partial charge on any atom is -0.467 e. The Hall–Kier alpha value is -3.01. The fraction of sp³-hybridized carbons (Fsp3) is 0.630. The van der Waals surface area contributed by atoms with Gasteiger partial charge in [0.15, 0.2) is 0 Å². The Morgan fingerprint density at radius 1 is 0.763 bits per heavy atom. The highest BCUT2D eigenvalue weighted by atomic mass is 35.5. The summed E-state index contributed by atoms with van der Waals surface area (Å²) in [5.41, 5.74) is -1.10. The summed E-state index contributed by atoms with van der Waals surface area (Å²) in [6, 6.07) is 6.42. The smallest absolute Gasteiger partial charge is 0.467 e. The maximum absolute atomic E-state index is 12.6. The molecule has 2 atom stereocenters. The molecule has 0 bridgehead atoms. The van der Waals surface area contributed by atoms with Crippen molar-refractivity contribution in [2.45, 2.75) is 104 Å². The van der Waals surface area contributed by atoms with E-state index in [9.17, 15) is 19.2 Å². The number of hydrogen-bond acceptors (Lipinski definition) is 9. The molecular formula is C27H40ClNO9. The lowest BCUT2D eigenvalue weighted by atomic mass is 10.1. The van der Waals surface area contributed by atoms with Crippen molar-refractivity contribution >= 4 is 36.0 Å². The monoisotopic (exact) mass is 557 g/mol. The first-order valence-electron chi connectivity index (χ1n) is 12.2. The van der Waals surface area contributed by atoms with Gasteiger partial charge in [0, 0.05) is 5.02 Å². The molecule has 10 nitrogen and oxygen atoms in total. The van der Waals surface area contributed by atoms with Gasteiger partial charge in [0.05, 0.1) is 13.2 Å². The number of methoxy groups -OCH3 is 1. The summed E-state index contributed by atoms with van der Waals surface area (Å²) in [7, 11) is 1.32. The zero-order valence-electron chi connectivity index (χ0n) is 23.9. The van der Waals surface area contributed by atoms with Gasteiger partial charge in [-0.25, -0.2) is 19.2 Å². The second-order valence-corrected chi connectivity index (χ2v) is 12.0. The number of ether oxygens (including phenoxy) is 5. The number of esters is 1. The highest BCUT2D eigenvalue weighted by Crippen LogP contribution is 2.38. The van der Waals surface area contributed by atoms with Gasteiger partial charge in [-0.3, -0.25) is 4.90 Å². The van der Waals surface area contributed by atoms with Crippen LogP contribution in [0.25, 0.3) is 0 Å². The van der Waals surface area contributed by atoms with Crippen molar-refractivity contribution in [1.82, 2.24) is 4.90 Å². The Labute approximate surface area is 229 Å². The van der Waals surface area contributed by atoms with Crippen molar-refractivity contribution in [3.63, 3.8) is 0 Å². The zero-order chi connectivity index (χ0) is 29.5. The van der Waals surface area contributed by atoms with E-state index in [4.69, 9.17) is 30.5 Å². The molecule has 11 heteroatoms. The van der Waals surface area contributed by atoms with Gasteiger partial charge in [0.2, 0.25) is 0 Å². The van der Waals surface area contributed by atoms with Crippen LogP contribution in [0.3, 0.4) is 0 Å². The fourth-order valence-electron chi connectivity index (χ4n) is 3.37. The molecule has 1 aromatic rings. The molecule has 1 amide bonds. The number of carbonyl (C=O) groups is 4. The van der Waals surface area contributed by atoms with E-state index in [1.54, 1.807) is 74.4 Å². The van der Waals surface area contributed by atoms with Gasteiger partial charge in [0.25, 0.3) is 0 Å². The molecule has 1 saturated heterocycles. The summed E-state index contributed by atoms with van der Waals surface area (Å²) in [6.45, 7) is 15.4. The van der Waals surface area contributed by atoms with Gasteiger partial charge >= 0.3 is 24.4 Å². The third-order valence-electron chi connectivity index (χ3n) is 4.66. The average molecular weight is 558 g/mol. The first kappa shape index (κ1) is 33.0. The number of likely N-dealkylation sites (tertiary alicyclic amines) is 1. The molecule has 0 aromatic heterocycles. The van der Waals surface area contributed by atoms with Crippen molar-refractivity contribution in [2.75, 3.05) is 7.11 Å². The van der Waals surface area contributed by atoms with Crippen molar-refractivity contribution in [2.24, 2.45) is 0 Å². The van der Waals surface area contributed by atoms with Crippen LogP contribution in [0.1, 0.15) is 86.8 Å². The number of hydrogen-bond donors (Lipinski definition) is 0. The number of carbonyl (C=O) groups excluding carboxylic acids is 4. The number of rotatable bonds is 2. The van der Waals surface area contributed by atoms with Gasteiger partial charge in [-0.2, -0.15) is 0 Å². The van der Waals surface area contributed by atoms with Crippen LogP contribution in [-0.4, -0.2) is 59.2 Å². The van der Waals surface area contributed by atoms with Crippen LogP contribution in [0.4, 0.5) is 14.4 Å². The molecule has 0 N–H and O–H groups in total. The first-order valence-corrected chi connectivity index (χ1v) is 12.6. The van der Waals surface area contributed by atoms with Gasteiger partial charge in [-0.15, -0.1) is 0 Å². The van der Waals surface area contributed by atoms with Gasteiger partial charge in [0.1, 0.15) is 22.8 Å². The lowest BCUT2D eigenvalue weighted by Crippen LogP contribution is -2.44. The van der Waals surface area contributed by atoms with Gasteiger partial charge in [-0.1, -0.05) is 23.7 Å². The average Bonchev–Trinajstić information content (AvgIpc) is 3.15. The molecule has 38 heavy (non-hydrogen) atoms. The van der Waals surface area contributed by atoms with Crippen LogP contribution in [0.2, 0.25) is 5.02 Å². The summed E-state index contributed by atoms with van der Waals surface area (Å²) >= 11 is 5.93. The topological polar surface area (TPSA) is 118 Å². The summed E-state index contributed by atoms with van der Waals surface area (Å²) in [5.74, 6) is -0.424. The van der Waals surface area contributed by atoms with Crippen LogP contribution in [0, 0.1) is 0 Å². The van der Waals surface area contributed by atoms with Crippen LogP contribution < -0.4 is 0 Å². The predicted octanol–water partition coefficient (Wildman–Crippen LogP) is 6.83. The third kappa shape index (κ3) is 12.0. The maximum atomic E-state index is 12.6. The molecular weight excluding hydrogens is 518 g/mol. The molecule has 0 radical (unpaired) electrons. The van der Waals surface area contributed by atoms with Crippen molar-refractivity contribution in [3.8, 4) is 0 Å². The lowest BCUT2D eigenvalue weighted by Gasteiger charge is -2.31. The Morgan fingerprint density at radius 3 is 1.61 bits per heavy atom. The molecule has 0 saturated carbocycles. The molecule has 1 aromatic carbocycles. The zero-order valence-corrected chi connectivity index (χ0v) is 24.6. The van der Waals surface area contributed by atoms with Crippen LogP contribution >= 0.6 is 11.6 Å². The van der Waals surface area contributed by atoms with E-state index < -0.39 is 47.2 Å². The Bertz CT molecular complexity index is 946. The van der Waals surface area contributed by atoms with E-state index in [0.29, 0.717) is 17.9 Å². The second-order valence-electron chi connectivity index (χ2n) is 11.6. The molecule has 0 unspecified atom stereocenters. The van der Waals surface area contributed by atoms with E-state index in [2.05, 4.69) is 4.74 Å². The van der Waals surface area contributed by atoms with Crippen molar-refractivity contribution in [3.05, 3.63) is 34.9 Å². The molecule has 1 aliphatic heterocycles. The minimum atomic E-state index is -1.06. The molecule has 1 heterocycles. The van der Waals surface area contributed by atoms with Crippen LogP contribution in [0.5, 0.6) is 0 Å². The SMILES string of the molecule is CC(C)(C)OC(=O)OC(=O)OC(C)(C)C.COC(=O)[C@H]1CC[C@@H](c2ccc(Cl)cc2)N1C(=O)OC(C)(C)C. The predicted molar refractivity (Wildman–Crippen MR) is 141 cm³/mol. The number of amides is 1. The van der Waals surface area contributed by atoms with Crippen LogP contribution in [-0.2, 0) is 28.5 Å².